The largest absolute Gasteiger partial charge is 0.468 e. The average Bonchev–Trinajstić information content (AvgIpc) is 2.79. The molecule has 0 aromatic heterocycles. The van der Waals surface area contributed by atoms with Gasteiger partial charge in [0.25, 0.3) is 0 Å². The van der Waals surface area contributed by atoms with Crippen molar-refractivity contribution in [3.63, 3.8) is 0 Å². The molecule has 2 aromatic carbocycles. The Balaban J connectivity index is 1.57. The third-order valence-electron chi connectivity index (χ3n) is 5.68. The smallest absolute Gasteiger partial charge is 0.327 e. The zero-order valence-corrected chi connectivity index (χ0v) is 18.7. The van der Waals surface area contributed by atoms with Crippen molar-refractivity contribution >= 4 is 23.3 Å². The van der Waals surface area contributed by atoms with Gasteiger partial charge in [0.2, 0.25) is 5.91 Å². The van der Waals surface area contributed by atoms with Gasteiger partial charge in [-0.25, -0.2) is 4.79 Å². The van der Waals surface area contributed by atoms with Gasteiger partial charge in [-0.3, -0.25) is 9.69 Å². The Morgan fingerprint density at radius 3 is 2.19 bits per heavy atom. The number of carbonyl (C=O) groups excluding carboxylic acids is 2. The molecule has 6 heteroatoms. The van der Waals surface area contributed by atoms with E-state index in [1.54, 1.807) is 0 Å². The van der Waals surface area contributed by atoms with Crippen molar-refractivity contribution in [3.05, 3.63) is 60.2 Å². The maximum atomic E-state index is 12.5. The Morgan fingerprint density at radius 2 is 1.61 bits per heavy atom. The predicted octanol–water partition coefficient (Wildman–Crippen LogP) is 4.10. The molecule has 0 spiro atoms. The number of piperazine rings is 1. The number of nitrogens with zero attached hydrogens (tertiary/aromatic N) is 2. The molecule has 1 N–H and O–H groups in total. The van der Waals surface area contributed by atoms with E-state index in [4.69, 9.17) is 4.74 Å². The molecule has 0 saturated carbocycles. The fourth-order valence-electron chi connectivity index (χ4n) is 3.88. The van der Waals surface area contributed by atoms with Crippen LogP contribution in [-0.2, 0) is 14.3 Å². The molecule has 1 aliphatic rings. The molecule has 1 amide bonds. The van der Waals surface area contributed by atoms with Crippen molar-refractivity contribution < 1.29 is 14.3 Å². The van der Waals surface area contributed by atoms with Crippen molar-refractivity contribution in [1.29, 1.82) is 0 Å². The predicted molar refractivity (Wildman–Crippen MR) is 124 cm³/mol. The Labute approximate surface area is 185 Å². The van der Waals surface area contributed by atoms with Crippen molar-refractivity contribution in [2.45, 2.75) is 32.7 Å². The summed E-state index contributed by atoms with van der Waals surface area (Å²) in [5.41, 5.74) is 2.90. The number of hydrogen-bond acceptors (Lipinski definition) is 5. The van der Waals surface area contributed by atoms with Gasteiger partial charge in [-0.1, -0.05) is 44.2 Å². The van der Waals surface area contributed by atoms with Gasteiger partial charge in [-0.05, 0) is 42.2 Å². The molecule has 1 aliphatic heterocycles. The molecule has 1 saturated heterocycles. The summed E-state index contributed by atoms with van der Waals surface area (Å²) < 4.78 is 5.08. The highest BCUT2D eigenvalue weighted by Gasteiger charge is 2.31. The molecule has 0 radical (unpaired) electrons. The van der Waals surface area contributed by atoms with Gasteiger partial charge in [0, 0.05) is 44.0 Å². The third kappa shape index (κ3) is 6.31. The lowest BCUT2D eigenvalue weighted by molar-refractivity contribution is -0.147. The van der Waals surface area contributed by atoms with Crippen LogP contribution in [0.1, 0.15) is 38.3 Å². The third-order valence-corrected chi connectivity index (χ3v) is 5.68. The van der Waals surface area contributed by atoms with Crippen LogP contribution in [0.15, 0.2) is 54.6 Å². The molecule has 1 heterocycles. The highest BCUT2D eigenvalue weighted by molar-refractivity contribution is 5.90. The number of anilines is 2. The number of nitrogens with one attached hydrogen (secondary N) is 1. The Morgan fingerprint density at radius 1 is 0.968 bits per heavy atom. The summed E-state index contributed by atoms with van der Waals surface area (Å²) in [7, 11) is 1.44. The van der Waals surface area contributed by atoms with E-state index in [0.29, 0.717) is 12.3 Å². The second kappa shape index (κ2) is 11.0. The second-order valence-electron chi connectivity index (χ2n) is 8.39. The number of hydrogen-bond donors (Lipinski definition) is 1. The first-order chi connectivity index (χ1) is 15.0. The van der Waals surface area contributed by atoms with Gasteiger partial charge in [-0.15, -0.1) is 0 Å². The maximum absolute atomic E-state index is 12.5. The normalized spacial score (nSPS) is 15.5. The first kappa shape index (κ1) is 22.8. The van der Waals surface area contributed by atoms with Gasteiger partial charge in [0.05, 0.1) is 7.11 Å². The van der Waals surface area contributed by atoms with Crippen molar-refractivity contribution in [1.82, 2.24) is 4.90 Å². The number of methoxy groups -OCH3 is 1. The van der Waals surface area contributed by atoms with Crippen LogP contribution in [0.2, 0.25) is 0 Å². The molecule has 166 valence electrons. The summed E-state index contributed by atoms with van der Waals surface area (Å²) in [6.45, 7) is 7.41. The quantitative estimate of drug-likeness (QED) is 0.648. The lowest BCUT2D eigenvalue weighted by Gasteiger charge is -2.39. The molecule has 0 bridgehead atoms. The van der Waals surface area contributed by atoms with Gasteiger partial charge in [0.15, 0.2) is 0 Å². The number of amides is 1. The van der Waals surface area contributed by atoms with E-state index in [1.165, 1.54) is 7.11 Å². The standard InChI is InChI=1S/C25H33N3O3/c1-19(2)9-14-23(29)26-21-10-12-22(13-11-21)27-15-17-28(18-16-27)24(25(30)31-3)20-7-5-4-6-8-20/h4-8,10-13,19,24H,9,14-18H2,1-3H3,(H,26,29). The molecule has 1 atom stereocenters. The van der Waals surface area contributed by atoms with E-state index < -0.39 is 0 Å². The number of benzene rings is 2. The molecule has 3 rings (SSSR count). The molecule has 31 heavy (non-hydrogen) atoms. The first-order valence-corrected chi connectivity index (χ1v) is 11.0. The summed E-state index contributed by atoms with van der Waals surface area (Å²) in [5.74, 6) is 0.356. The van der Waals surface area contributed by atoms with Crippen LogP contribution < -0.4 is 10.2 Å². The van der Waals surface area contributed by atoms with Crippen LogP contribution in [0.25, 0.3) is 0 Å². The summed E-state index contributed by atoms with van der Waals surface area (Å²) in [4.78, 5) is 29.0. The molecule has 6 nitrogen and oxygen atoms in total. The highest BCUT2D eigenvalue weighted by Crippen LogP contribution is 2.26. The number of esters is 1. The van der Waals surface area contributed by atoms with Gasteiger partial charge >= 0.3 is 5.97 Å². The van der Waals surface area contributed by atoms with Gasteiger partial charge in [-0.2, -0.15) is 0 Å². The van der Waals surface area contributed by atoms with E-state index in [2.05, 4.69) is 29.0 Å². The fourth-order valence-corrected chi connectivity index (χ4v) is 3.88. The topological polar surface area (TPSA) is 61.9 Å². The van der Waals surface area contributed by atoms with E-state index in [9.17, 15) is 9.59 Å². The summed E-state index contributed by atoms with van der Waals surface area (Å²) >= 11 is 0. The minimum absolute atomic E-state index is 0.0600. The zero-order chi connectivity index (χ0) is 22.2. The first-order valence-electron chi connectivity index (χ1n) is 11.0. The summed E-state index contributed by atoms with van der Waals surface area (Å²) in [6.07, 6.45) is 1.44. The maximum Gasteiger partial charge on any atom is 0.327 e. The summed E-state index contributed by atoms with van der Waals surface area (Å²) in [6, 6.07) is 17.4. The monoisotopic (exact) mass is 423 g/mol. The lowest BCUT2D eigenvalue weighted by Crippen LogP contribution is -2.49. The van der Waals surface area contributed by atoms with Gasteiger partial charge in [0.1, 0.15) is 6.04 Å². The SMILES string of the molecule is COC(=O)C(c1ccccc1)N1CCN(c2ccc(NC(=O)CCC(C)C)cc2)CC1. The molecular formula is C25H33N3O3. The van der Waals surface area contributed by atoms with Crippen LogP contribution in [0, 0.1) is 5.92 Å². The molecule has 2 aromatic rings. The molecular weight excluding hydrogens is 390 g/mol. The van der Waals surface area contributed by atoms with Crippen LogP contribution in [0.5, 0.6) is 0 Å². The lowest BCUT2D eigenvalue weighted by atomic mass is 10.0. The number of ether oxygens (including phenoxy) is 1. The number of rotatable bonds is 8. The minimum Gasteiger partial charge on any atom is -0.468 e. The highest BCUT2D eigenvalue weighted by atomic mass is 16.5. The number of carbonyl (C=O) groups is 2. The van der Waals surface area contributed by atoms with Crippen molar-refractivity contribution in [2.75, 3.05) is 43.5 Å². The van der Waals surface area contributed by atoms with Gasteiger partial charge < -0.3 is 15.0 Å². The molecule has 1 fully saturated rings. The Bertz CT molecular complexity index is 844. The van der Waals surface area contributed by atoms with E-state index in [-0.39, 0.29) is 17.9 Å². The van der Waals surface area contributed by atoms with Crippen molar-refractivity contribution in [3.8, 4) is 0 Å². The van der Waals surface area contributed by atoms with Crippen LogP contribution in [-0.4, -0.2) is 50.1 Å². The van der Waals surface area contributed by atoms with E-state index >= 15 is 0 Å². The average molecular weight is 424 g/mol. The van der Waals surface area contributed by atoms with Crippen LogP contribution >= 0.6 is 0 Å². The van der Waals surface area contributed by atoms with E-state index in [0.717, 1.165) is 49.5 Å². The zero-order valence-electron chi connectivity index (χ0n) is 18.7. The second-order valence-corrected chi connectivity index (χ2v) is 8.39. The fraction of sp³-hybridized carbons (Fsp3) is 0.440. The molecule has 1 unspecified atom stereocenters. The van der Waals surface area contributed by atoms with Crippen molar-refractivity contribution in [2.24, 2.45) is 5.92 Å². The Kier molecular flexibility index (Phi) is 8.06. The summed E-state index contributed by atoms with van der Waals surface area (Å²) in [5, 5.41) is 2.97. The minimum atomic E-state index is -0.378. The molecule has 0 aliphatic carbocycles. The van der Waals surface area contributed by atoms with Crippen LogP contribution in [0.3, 0.4) is 0 Å². The van der Waals surface area contributed by atoms with E-state index in [1.807, 2.05) is 54.6 Å². The van der Waals surface area contributed by atoms with Crippen LogP contribution in [0.4, 0.5) is 11.4 Å². The Hall–Kier alpha value is -2.86.